The van der Waals surface area contributed by atoms with Gasteiger partial charge in [-0.2, -0.15) is 5.10 Å². The van der Waals surface area contributed by atoms with Crippen LogP contribution < -0.4 is 16.6 Å². The summed E-state index contributed by atoms with van der Waals surface area (Å²) in [6, 6.07) is 8.60. The van der Waals surface area contributed by atoms with Gasteiger partial charge in [0.1, 0.15) is 24.9 Å². The molecule has 4 aromatic heterocycles. The van der Waals surface area contributed by atoms with Crippen LogP contribution in [-0.2, 0) is 19.0 Å². The lowest BCUT2D eigenvalue weighted by Crippen LogP contribution is -2.48. The van der Waals surface area contributed by atoms with Crippen LogP contribution in [0.25, 0.3) is 16.6 Å². The number of carbonyl (C=O) groups excluding carboxylic acids is 1. The lowest BCUT2D eigenvalue weighted by Gasteiger charge is -2.29. The molecular weight excluding hydrogens is 529 g/mol. The maximum Gasteiger partial charge on any atom is 0.262 e. The number of amides is 1. The van der Waals surface area contributed by atoms with E-state index in [9.17, 15) is 9.59 Å². The molecule has 0 spiro atoms. The van der Waals surface area contributed by atoms with Crippen molar-refractivity contribution in [3.63, 3.8) is 0 Å². The van der Waals surface area contributed by atoms with E-state index in [1.807, 2.05) is 0 Å². The average Bonchev–Trinajstić information content (AvgIpc) is 3.53. The van der Waals surface area contributed by atoms with Gasteiger partial charge in [-0.1, -0.05) is 36.1 Å². The Kier molecular flexibility index (Phi) is 7.46. The molecule has 0 aliphatic carbocycles. The number of hydrogen-bond acceptors (Lipinski definition) is 7. The summed E-state index contributed by atoms with van der Waals surface area (Å²) >= 11 is 0. The molecule has 42 heavy (non-hydrogen) atoms. The molecular formula is C30H24BN9O2. The highest BCUT2D eigenvalue weighted by Gasteiger charge is 2.31. The predicted molar refractivity (Wildman–Crippen MR) is 160 cm³/mol. The van der Waals surface area contributed by atoms with E-state index >= 15 is 0 Å². The smallest absolute Gasteiger partial charge is 0.262 e. The van der Waals surface area contributed by atoms with Gasteiger partial charge in [-0.15, -0.1) is 11.5 Å². The molecule has 5 rings (SSSR count). The van der Waals surface area contributed by atoms with Crippen molar-refractivity contribution in [1.82, 2.24) is 39.2 Å². The van der Waals surface area contributed by atoms with Crippen LogP contribution >= 0.6 is 0 Å². The number of nitrogens with zero attached hydrogens (tertiary/aromatic N) is 7. The van der Waals surface area contributed by atoms with Crippen molar-refractivity contribution >= 4 is 36.1 Å². The monoisotopic (exact) mass is 553 g/mol. The Morgan fingerprint density at radius 3 is 2.79 bits per heavy atom. The Bertz CT molecular complexity index is 2060. The zero-order chi connectivity index (χ0) is 29.9. The second-order valence-electron chi connectivity index (χ2n) is 9.43. The van der Waals surface area contributed by atoms with Crippen LogP contribution in [-0.4, -0.2) is 47.7 Å². The molecule has 0 fully saturated rings. The first-order valence-corrected chi connectivity index (χ1v) is 12.7. The normalized spacial score (nSPS) is 12.8. The third-order valence-electron chi connectivity index (χ3n) is 6.24. The van der Waals surface area contributed by atoms with E-state index in [1.54, 1.807) is 72.7 Å². The zero-order valence-electron chi connectivity index (χ0n) is 22.8. The molecule has 0 unspecified atom stereocenters. The van der Waals surface area contributed by atoms with E-state index in [-0.39, 0.29) is 29.4 Å². The van der Waals surface area contributed by atoms with Gasteiger partial charge in [0.2, 0.25) is 0 Å². The number of aryl methyl sites for hydroxylation is 1. The summed E-state index contributed by atoms with van der Waals surface area (Å²) in [6.07, 6.45) is 16.8. The number of rotatable bonds is 6. The van der Waals surface area contributed by atoms with E-state index in [2.05, 4.69) is 38.3 Å². The number of carbonyl (C=O) groups is 1. The average molecular weight is 553 g/mol. The number of anilines is 1. The SMILES string of the molecule is [B][C@@](C)(NC(=O)c1c(N)nn2cccnc12)c1nc2cccc(C#Cc3ccn(C)n3)c2c(=O)n1C/C=C\C=C/C#C. The first kappa shape index (κ1) is 27.7. The van der Waals surface area contributed by atoms with Gasteiger partial charge >= 0.3 is 0 Å². The second-order valence-corrected chi connectivity index (χ2v) is 9.43. The quantitative estimate of drug-likeness (QED) is 0.185. The van der Waals surface area contributed by atoms with Crippen molar-refractivity contribution in [3.05, 3.63) is 106 Å². The van der Waals surface area contributed by atoms with E-state index < -0.39 is 16.9 Å². The van der Waals surface area contributed by atoms with Gasteiger partial charge in [0.25, 0.3) is 11.5 Å². The van der Waals surface area contributed by atoms with Gasteiger partial charge in [-0.05, 0) is 43.2 Å². The van der Waals surface area contributed by atoms with Crippen molar-refractivity contribution in [2.24, 2.45) is 7.05 Å². The van der Waals surface area contributed by atoms with E-state index in [0.717, 1.165) is 0 Å². The Balaban J connectivity index is 1.62. The number of benzene rings is 1. The van der Waals surface area contributed by atoms with Gasteiger partial charge < -0.3 is 11.1 Å². The minimum Gasteiger partial charge on any atom is -0.381 e. The van der Waals surface area contributed by atoms with E-state index in [1.165, 1.54) is 28.3 Å². The summed E-state index contributed by atoms with van der Waals surface area (Å²) in [5.74, 6) is 7.88. The van der Waals surface area contributed by atoms with Crippen LogP contribution in [0, 0.1) is 24.2 Å². The minimum absolute atomic E-state index is 0.0229. The summed E-state index contributed by atoms with van der Waals surface area (Å²) in [5, 5.41) is 11.5. The Hall–Kier alpha value is -5.88. The van der Waals surface area contributed by atoms with Gasteiger partial charge in [-0.3, -0.25) is 18.8 Å². The summed E-state index contributed by atoms with van der Waals surface area (Å²) < 4.78 is 4.42. The maximum absolute atomic E-state index is 14.0. The molecule has 1 amide bonds. The van der Waals surface area contributed by atoms with Gasteiger partial charge in [0.05, 0.1) is 16.3 Å². The predicted octanol–water partition coefficient (Wildman–Crippen LogP) is 1.67. The molecule has 1 aromatic carbocycles. The fourth-order valence-corrected chi connectivity index (χ4v) is 4.38. The summed E-state index contributed by atoms with van der Waals surface area (Å²) in [6.45, 7) is 1.62. The van der Waals surface area contributed by atoms with E-state index in [0.29, 0.717) is 22.2 Å². The zero-order valence-corrected chi connectivity index (χ0v) is 22.8. The number of aromatic nitrogens is 7. The molecule has 5 aromatic rings. The van der Waals surface area contributed by atoms with Gasteiger partial charge in [0.15, 0.2) is 11.5 Å². The molecule has 4 heterocycles. The van der Waals surface area contributed by atoms with Crippen molar-refractivity contribution in [2.75, 3.05) is 5.73 Å². The van der Waals surface area contributed by atoms with Crippen LogP contribution in [0.1, 0.15) is 34.4 Å². The molecule has 2 radical (unpaired) electrons. The third-order valence-corrected chi connectivity index (χ3v) is 6.24. The molecule has 3 N–H and O–H groups in total. The lowest BCUT2D eigenvalue weighted by atomic mass is 9.78. The maximum atomic E-state index is 14.0. The topological polar surface area (TPSA) is 138 Å². The second kappa shape index (κ2) is 11.3. The van der Waals surface area contributed by atoms with Crippen LogP contribution in [0.2, 0.25) is 0 Å². The van der Waals surface area contributed by atoms with Crippen LogP contribution in [0.5, 0.6) is 0 Å². The fourth-order valence-electron chi connectivity index (χ4n) is 4.38. The molecule has 0 bridgehead atoms. The summed E-state index contributed by atoms with van der Waals surface area (Å²) in [5.41, 5.74) is 5.72. The Morgan fingerprint density at radius 1 is 1.19 bits per heavy atom. The first-order valence-electron chi connectivity index (χ1n) is 12.7. The van der Waals surface area contributed by atoms with Crippen LogP contribution in [0.4, 0.5) is 5.82 Å². The number of nitrogens with one attached hydrogen (secondary N) is 1. The summed E-state index contributed by atoms with van der Waals surface area (Å²) in [4.78, 5) is 36.4. The number of nitrogen functional groups attached to an aromatic ring is 1. The standard InChI is InChI=1S/C30H24BN9O2/c1-4-5-6-7-8-17-39-28(42)23-20(13-14-21-15-19-38(3)36-21)11-9-12-22(23)34-29(39)30(2,31)35-27(41)24-25(32)37-40-18-10-16-33-26(24)40/h1,5-12,15-16,18-19H,17H2,2-3H3,(H2,32,37)(H,35,41)/b6-5-,8-7-/t30-/m0/s1. The number of nitrogens with two attached hydrogens (primary N) is 1. The first-order chi connectivity index (χ1) is 20.2. The van der Waals surface area contributed by atoms with Crippen LogP contribution in [0.15, 0.2) is 78.0 Å². The number of fused-ring (bicyclic) bond motifs is 2. The highest BCUT2D eigenvalue weighted by atomic mass is 16.2. The molecule has 1 atom stereocenters. The highest BCUT2D eigenvalue weighted by Crippen LogP contribution is 2.22. The van der Waals surface area contributed by atoms with Crippen molar-refractivity contribution < 1.29 is 4.79 Å². The van der Waals surface area contributed by atoms with Crippen molar-refractivity contribution in [1.29, 1.82) is 0 Å². The fraction of sp³-hybridized carbons (Fsp3) is 0.133. The minimum atomic E-state index is -1.63. The third kappa shape index (κ3) is 5.42. The Labute approximate surface area is 242 Å². The molecule has 11 nitrogen and oxygen atoms in total. The molecule has 204 valence electrons. The molecule has 12 heteroatoms. The van der Waals surface area contributed by atoms with Crippen molar-refractivity contribution in [3.8, 4) is 24.2 Å². The molecule has 0 saturated heterocycles. The number of terminal acetylenes is 1. The number of hydrogen-bond donors (Lipinski definition) is 2. The van der Waals surface area contributed by atoms with Crippen LogP contribution in [0.3, 0.4) is 0 Å². The summed E-state index contributed by atoms with van der Waals surface area (Å²) in [7, 11) is 8.48. The highest BCUT2D eigenvalue weighted by molar-refractivity contribution is 6.18. The van der Waals surface area contributed by atoms with E-state index in [4.69, 9.17) is 25.0 Å². The number of allylic oxidation sites excluding steroid dienone is 4. The van der Waals surface area contributed by atoms with Gasteiger partial charge in [0, 0.05) is 37.7 Å². The van der Waals surface area contributed by atoms with Gasteiger partial charge in [-0.25, -0.2) is 14.5 Å². The van der Waals surface area contributed by atoms with Crippen molar-refractivity contribution in [2.45, 2.75) is 18.9 Å². The molecule has 0 aliphatic rings. The Morgan fingerprint density at radius 2 is 2.02 bits per heavy atom. The largest absolute Gasteiger partial charge is 0.381 e. The molecule has 0 aliphatic heterocycles. The molecule has 0 saturated carbocycles. The lowest BCUT2D eigenvalue weighted by molar-refractivity contribution is 0.0929.